The lowest BCUT2D eigenvalue weighted by Gasteiger charge is -2.13. The molecule has 2 N–H and O–H groups in total. The summed E-state index contributed by atoms with van der Waals surface area (Å²) in [5.74, 6) is 0.828. The zero-order valence-electron chi connectivity index (χ0n) is 12.4. The third-order valence-corrected chi connectivity index (χ3v) is 3.06. The molecule has 1 aromatic carbocycles. The average molecular weight is 270 g/mol. The van der Waals surface area contributed by atoms with E-state index < -0.39 is 0 Å². The van der Waals surface area contributed by atoms with Crippen molar-refractivity contribution in [2.45, 2.75) is 39.8 Å². The molecule has 0 saturated heterocycles. The Bertz CT molecular complexity index is 579. The highest BCUT2D eigenvalue weighted by Crippen LogP contribution is 2.20. The summed E-state index contributed by atoms with van der Waals surface area (Å²) in [6.45, 7) is 6.60. The van der Waals surface area contributed by atoms with E-state index in [-0.39, 0.29) is 6.04 Å². The second kappa shape index (κ2) is 6.53. The van der Waals surface area contributed by atoms with E-state index in [1.54, 1.807) is 0 Å². The van der Waals surface area contributed by atoms with Crippen LogP contribution in [0.3, 0.4) is 0 Å². The molecule has 0 aliphatic heterocycles. The summed E-state index contributed by atoms with van der Waals surface area (Å²) >= 11 is 0. The van der Waals surface area contributed by atoms with Crippen molar-refractivity contribution in [1.29, 1.82) is 0 Å². The van der Waals surface area contributed by atoms with Gasteiger partial charge in [0.15, 0.2) is 0 Å². The van der Waals surface area contributed by atoms with Crippen LogP contribution >= 0.6 is 0 Å². The van der Waals surface area contributed by atoms with Gasteiger partial charge in [-0.1, -0.05) is 29.8 Å². The number of nitrogens with two attached hydrogens (primary N) is 1. The summed E-state index contributed by atoms with van der Waals surface area (Å²) in [7, 11) is 0. The largest absolute Gasteiger partial charge is 0.487 e. The number of aryl methyl sites for hydroxylation is 2. The van der Waals surface area contributed by atoms with Crippen LogP contribution in [0.25, 0.3) is 0 Å². The quantitative estimate of drug-likeness (QED) is 0.907. The summed E-state index contributed by atoms with van der Waals surface area (Å²) in [5.41, 5.74) is 10.2. The van der Waals surface area contributed by atoms with Gasteiger partial charge >= 0.3 is 0 Å². The molecule has 0 bridgehead atoms. The third-order valence-electron chi connectivity index (χ3n) is 3.06. The lowest BCUT2D eigenvalue weighted by Crippen LogP contribution is -2.19. The molecule has 0 aliphatic rings. The van der Waals surface area contributed by atoms with Crippen LogP contribution in [-0.2, 0) is 13.0 Å². The van der Waals surface area contributed by atoms with Gasteiger partial charge in [-0.15, -0.1) is 0 Å². The summed E-state index contributed by atoms with van der Waals surface area (Å²) in [6, 6.07) is 12.4. The normalized spacial score (nSPS) is 12.2. The van der Waals surface area contributed by atoms with Crippen LogP contribution < -0.4 is 10.5 Å². The number of hydrogen-bond donors (Lipinski definition) is 1. The number of benzene rings is 1. The van der Waals surface area contributed by atoms with E-state index in [9.17, 15) is 0 Å². The van der Waals surface area contributed by atoms with Crippen molar-refractivity contribution in [3.63, 3.8) is 0 Å². The second-order valence-corrected chi connectivity index (χ2v) is 5.36. The van der Waals surface area contributed by atoms with Gasteiger partial charge in [0.2, 0.25) is 0 Å². The molecule has 1 atom stereocenters. The zero-order chi connectivity index (χ0) is 14.5. The van der Waals surface area contributed by atoms with Gasteiger partial charge in [0.05, 0.1) is 5.69 Å². The molecule has 0 spiro atoms. The number of aromatic nitrogens is 1. The first-order valence-electron chi connectivity index (χ1n) is 6.95. The van der Waals surface area contributed by atoms with E-state index >= 15 is 0 Å². The predicted molar refractivity (Wildman–Crippen MR) is 81.8 cm³/mol. The highest BCUT2D eigenvalue weighted by atomic mass is 16.5. The summed E-state index contributed by atoms with van der Waals surface area (Å²) < 4.78 is 5.92. The van der Waals surface area contributed by atoms with E-state index in [0.29, 0.717) is 6.61 Å². The average Bonchev–Trinajstić information content (AvgIpc) is 2.37. The molecule has 1 aromatic heterocycles. The number of nitrogens with zero attached hydrogens (tertiary/aromatic N) is 1. The molecule has 2 rings (SSSR count). The molecule has 0 fully saturated rings. The van der Waals surface area contributed by atoms with Crippen molar-refractivity contribution in [1.82, 2.24) is 4.98 Å². The van der Waals surface area contributed by atoms with Crippen LogP contribution in [0.2, 0.25) is 0 Å². The van der Waals surface area contributed by atoms with Crippen molar-refractivity contribution in [2.24, 2.45) is 5.73 Å². The van der Waals surface area contributed by atoms with Gasteiger partial charge in [0.1, 0.15) is 12.4 Å². The van der Waals surface area contributed by atoms with Crippen molar-refractivity contribution < 1.29 is 4.74 Å². The maximum Gasteiger partial charge on any atom is 0.141 e. The van der Waals surface area contributed by atoms with E-state index in [0.717, 1.165) is 29.1 Å². The smallest absolute Gasteiger partial charge is 0.141 e. The molecule has 2 aromatic rings. The lowest BCUT2D eigenvalue weighted by atomic mass is 10.1. The molecule has 0 amide bonds. The van der Waals surface area contributed by atoms with Crippen molar-refractivity contribution >= 4 is 0 Å². The van der Waals surface area contributed by atoms with Crippen molar-refractivity contribution in [3.8, 4) is 5.75 Å². The van der Waals surface area contributed by atoms with Gasteiger partial charge in [-0.25, -0.2) is 0 Å². The first-order chi connectivity index (χ1) is 9.54. The fraction of sp³-hybridized carbons (Fsp3) is 0.353. The standard InChI is InChI=1S/C17H22N2O/c1-12-5-4-6-15(9-12)11-20-17-8-7-14(3)19-16(17)10-13(2)18/h4-9,13H,10-11,18H2,1-3H3. The summed E-state index contributed by atoms with van der Waals surface area (Å²) in [4.78, 5) is 4.54. The highest BCUT2D eigenvalue weighted by Gasteiger charge is 2.08. The van der Waals surface area contributed by atoms with Crippen molar-refractivity contribution in [2.75, 3.05) is 0 Å². The van der Waals surface area contributed by atoms with E-state index in [1.165, 1.54) is 5.56 Å². The molecule has 106 valence electrons. The Morgan fingerprint density at radius 3 is 2.70 bits per heavy atom. The molecular formula is C17H22N2O. The number of ether oxygens (including phenoxy) is 1. The van der Waals surface area contributed by atoms with E-state index in [2.05, 4.69) is 30.1 Å². The van der Waals surface area contributed by atoms with Crippen LogP contribution in [0.4, 0.5) is 0 Å². The molecule has 1 heterocycles. The molecule has 1 unspecified atom stereocenters. The van der Waals surface area contributed by atoms with Crippen LogP contribution in [0.1, 0.15) is 29.4 Å². The number of hydrogen-bond acceptors (Lipinski definition) is 3. The van der Waals surface area contributed by atoms with Gasteiger partial charge in [-0.2, -0.15) is 0 Å². The minimum atomic E-state index is 0.0746. The third kappa shape index (κ3) is 4.07. The number of rotatable bonds is 5. The highest BCUT2D eigenvalue weighted by molar-refractivity contribution is 5.30. The van der Waals surface area contributed by atoms with Crippen LogP contribution in [-0.4, -0.2) is 11.0 Å². The number of pyridine rings is 1. The molecule has 3 nitrogen and oxygen atoms in total. The summed E-state index contributed by atoms with van der Waals surface area (Å²) in [6.07, 6.45) is 0.727. The minimum Gasteiger partial charge on any atom is -0.487 e. The maximum absolute atomic E-state index is 5.92. The molecule has 20 heavy (non-hydrogen) atoms. The van der Waals surface area contributed by atoms with Gasteiger partial charge in [-0.05, 0) is 38.5 Å². The van der Waals surface area contributed by atoms with Gasteiger partial charge in [0, 0.05) is 18.2 Å². The fourth-order valence-corrected chi connectivity index (χ4v) is 2.14. The predicted octanol–water partition coefficient (Wildman–Crippen LogP) is 3.17. The van der Waals surface area contributed by atoms with Crippen LogP contribution in [0.15, 0.2) is 36.4 Å². The van der Waals surface area contributed by atoms with E-state index in [4.69, 9.17) is 10.5 Å². The second-order valence-electron chi connectivity index (χ2n) is 5.36. The Kier molecular flexibility index (Phi) is 4.74. The molecule has 0 saturated carbocycles. The first kappa shape index (κ1) is 14.5. The monoisotopic (exact) mass is 270 g/mol. The fourth-order valence-electron chi connectivity index (χ4n) is 2.14. The van der Waals surface area contributed by atoms with E-state index in [1.807, 2.05) is 32.0 Å². The molecule has 0 radical (unpaired) electrons. The van der Waals surface area contributed by atoms with Gasteiger partial charge < -0.3 is 10.5 Å². The Morgan fingerprint density at radius 2 is 2.00 bits per heavy atom. The van der Waals surface area contributed by atoms with Crippen molar-refractivity contribution in [3.05, 3.63) is 58.9 Å². The van der Waals surface area contributed by atoms with Gasteiger partial charge in [-0.3, -0.25) is 4.98 Å². The van der Waals surface area contributed by atoms with Gasteiger partial charge in [0.25, 0.3) is 0 Å². The molecule has 3 heteroatoms. The molecular weight excluding hydrogens is 248 g/mol. The maximum atomic E-state index is 5.92. The Labute approximate surface area is 120 Å². The minimum absolute atomic E-state index is 0.0746. The summed E-state index contributed by atoms with van der Waals surface area (Å²) in [5, 5.41) is 0. The SMILES string of the molecule is Cc1cccc(COc2ccc(C)nc2CC(C)N)c1. The first-order valence-corrected chi connectivity index (χ1v) is 6.95. The zero-order valence-corrected chi connectivity index (χ0v) is 12.4. The Balaban J connectivity index is 2.12. The van der Waals surface area contributed by atoms with Crippen LogP contribution in [0, 0.1) is 13.8 Å². The topological polar surface area (TPSA) is 48.1 Å². The Morgan fingerprint density at radius 1 is 1.20 bits per heavy atom. The molecule has 0 aliphatic carbocycles. The van der Waals surface area contributed by atoms with Crippen LogP contribution in [0.5, 0.6) is 5.75 Å². The Hall–Kier alpha value is -1.87. The lowest BCUT2D eigenvalue weighted by molar-refractivity contribution is 0.300.